The van der Waals surface area contributed by atoms with Crippen LogP contribution in [0.2, 0.25) is 5.02 Å². The molecule has 0 unspecified atom stereocenters. The average molecular weight is 419 g/mol. The number of sulfonamides is 2. The summed E-state index contributed by atoms with van der Waals surface area (Å²) in [6, 6.07) is 3.47. The summed E-state index contributed by atoms with van der Waals surface area (Å²) in [6.45, 7) is 0. The molecule has 0 spiro atoms. The van der Waals surface area contributed by atoms with Gasteiger partial charge in [-0.2, -0.15) is 43.2 Å². The predicted molar refractivity (Wildman–Crippen MR) is 71.1 cm³/mol. The summed E-state index contributed by atoms with van der Waals surface area (Å²) in [5.41, 5.74) is -12.6. The van der Waals surface area contributed by atoms with Gasteiger partial charge in [0.05, 0.1) is 0 Å². The van der Waals surface area contributed by atoms with Crippen LogP contribution in [0.4, 0.5) is 26.3 Å². The van der Waals surface area contributed by atoms with E-state index in [4.69, 9.17) is 11.6 Å². The van der Waals surface area contributed by atoms with Gasteiger partial charge < -0.3 is 0 Å². The Balaban J connectivity index is 3.53. The second-order valence-electron chi connectivity index (χ2n) is 3.92. The topological polar surface area (TPSA) is 92.7 Å². The molecule has 0 radical (unpaired) electrons. The largest absolute Gasteiger partial charge is 0.518 e. The molecular formula is C9H5ClF6N2O4S2. The monoisotopic (exact) mass is 418 g/mol. The molecule has 0 fully saturated rings. The molecule has 0 heterocycles. The van der Waals surface area contributed by atoms with Crippen molar-refractivity contribution in [2.75, 3.05) is 0 Å². The lowest BCUT2D eigenvalue weighted by Crippen LogP contribution is -2.41. The maximum Gasteiger partial charge on any atom is 0.518 e. The van der Waals surface area contributed by atoms with Crippen molar-refractivity contribution in [3.05, 3.63) is 34.9 Å². The van der Waals surface area contributed by atoms with E-state index in [1.54, 1.807) is 0 Å². The van der Waals surface area contributed by atoms with Crippen LogP contribution in [-0.2, 0) is 20.0 Å². The first-order chi connectivity index (χ1) is 10.6. The van der Waals surface area contributed by atoms with E-state index >= 15 is 0 Å². The van der Waals surface area contributed by atoms with Gasteiger partial charge in [-0.05, 0) is 24.3 Å². The van der Waals surface area contributed by atoms with Crippen LogP contribution >= 0.6 is 11.6 Å². The van der Waals surface area contributed by atoms with Crippen LogP contribution in [0.1, 0.15) is 5.56 Å². The second-order valence-corrected chi connectivity index (χ2v) is 7.62. The van der Waals surface area contributed by atoms with Crippen molar-refractivity contribution in [3.63, 3.8) is 0 Å². The molecule has 24 heavy (non-hydrogen) atoms. The molecule has 0 saturated heterocycles. The zero-order chi connectivity index (χ0) is 19.0. The van der Waals surface area contributed by atoms with Crippen molar-refractivity contribution >= 4 is 37.5 Å². The number of alkyl halides is 6. The summed E-state index contributed by atoms with van der Waals surface area (Å²) < 4.78 is 121. The molecule has 0 bridgehead atoms. The van der Waals surface area contributed by atoms with Crippen LogP contribution in [0.25, 0.3) is 0 Å². The van der Waals surface area contributed by atoms with Crippen LogP contribution in [0.15, 0.2) is 28.7 Å². The van der Waals surface area contributed by atoms with Crippen molar-refractivity contribution in [2.45, 2.75) is 11.0 Å². The highest BCUT2D eigenvalue weighted by Crippen LogP contribution is 2.26. The maximum atomic E-state index is 12.3. The zero-order valence-corrected chi connectivity index (χ0v) is 13.2. The normalized spacial score (nSPS) is 14.5. The van der Waals surface area contributed by atoms with E-state index in [0.29, 0.717) is 4.72 Å². The molecule has 136 valence electrons. The number of nitrogens with one attached hydrogen (secondary N) is 1. The van der Waals surface area contributed by atoms with Crippen molar-refractivity contribution in [1.29, 1.82) is 0 Å². The quantitative estimate of drug-likeness (QED) is 0.463. The molecule has 0 amide bonds. The molecule has 1 aromatic carbocycles. The van der Waals surface area contributed by atoms with Gasteiger partial charge in [0.25, 0.3) is 0 Å². The van der Waals surface area contributed by atoms with E-state index in [-0.39, 0.29) is 5.02 Å². The molecule has 0 aliphatic carbocycles. The van der Waals surface area contributed by atoms with Gasteiger partial charge in [0.2, 0.25) is 0 Å². The molecule has 0 aliphatic heterocycles. The Hall–Kier alpha value is -1.54. The second kappa shape index (κ2) is 6.40. The van der Waals surface area contributed by atoms with Gasteiger partial charge in [0, 0.05) is 10.6 Å². The first-order valence-corrected chi connectivity index (χ1v) is 8.63. The van der Waals surface area contributed by atoms with E-state index in [9.17, 15) is 43.2 Å². The van der Waals surface area contributed by atoms with Crippen LogP contribution in [0.3, 0.4) is 0 Å². The van der Waals surface area contributed by atoms with Crippen molar-refractivity contribution in [2.24, 2.45) is 4.40 Å². The lowest BCUT2D eigenvalue weighted by atomic mass is 10.2. The summed E-state index contributed by atoms with van der Waals surface area (Å²) in [6.07, 6.45) is 0. The van der Waals surface area contributed by atoms with E-state index < -0.39 is 42.5 Å². The minimum Gasteiger partial charge on any atom is -0.259 e. The summed E-state index contributed by atoms with van der Waals surface area (Å²) in [4.78, 5) is 0. The minimum absolute atomic E-state index is 0.00421. The fourth-order valence-electron chi connectivity index (χ4n) is 1.10. The molecule has 15 heteroatoms. The Bertz CT molecular complexity index is 844. The lowest BCUT2D eigenvalue weighted by Gasteiger charge is -2.13. The molecular weight excluding hydrogens is 414 g/mol. The van der Waals surface area contributed by atoms with E-state index in [1.807, 2.05) is 0 Å². The van der Waals surface area contributed by atoms with E-state index in [0.717, 1.165) is 24.3 Å². The van der Waals surface area contributed by atoms with Gasteiger partial charge in [-0.1, -0.05) is 11.6 Å². The fraction of sp³-hybridized carbons (Fsp3) is 0.222. The molecule has 6 nitrogen and oxygen atoms in total. The Morgan fingerprint density at radius 2 is 1.38 bits per heavy atom. The van der Waals surface area contributed by atoms with Gasteiger partial charge in [-0.15, -0.1) is 4.40 Å². The van der Waals surface area contributed by atoms with Gasteiger partial charge in [0.1, 0.15) is 0 Å². The first kappa shape index (κ1) is 20.5. The van der Waals surface area contributed by atoms with Gasteiger partial charge in [-0.25, -0.2) is 0 Å². The standard InChI is InChI=1S/C9H5ClF6N2O4S2/c10-6-3-1-5(2-4-6)7(17-23(19,20)8(11,12)13)18-24(21,22)9(14,15)16/h1-4H,(H,17,18). The van der Waals surface area contributed by atoms with Gasteiger partial charge >= 0.3 is 31.1 Å². The number of halogens is 7. The number of amidine groups is 1. The highest BCUT2D eigenvalue weighted by Gasteiger charge is 2.49. The van der Waals surface area contributed by atoms with Crippen molar-refractivity contribution < 1.29 is 43.2 Å². The fourth-order valence-corrected chi connectivity index (χ4v) is 2.31. The smallest absolute Gasteiger partial charge is 0.259 e. The Morgan fingerprint density at radius 3 is 1.75 bits per heavy atom. The van der Waals surface area contributed by atoms with Crippen molar-refractivity contribution in [3.8, 4) is 0 Å². The maximum absolute atomic E-state index is 12.3. The molecule has 0 aromatic heterocycles. The van der Waals surface area contributed by atoms with Crippen molar-refractivity contribution in [1.82, 2.24) is 4.72 Å². The molecule has 0 atom stereocenters. The number of rotatable bonds is 3. The third-order valence-electron chi connectivity index (χ3n) is 2.16. The number of benzene rings is 1. The summed E-state index contributed by atoms with van der Waals surface area (Å²) in [5.74, 6) is -1.69. The summed E-state index contributed by atoms with van der Waals surface area (Å²) in [7, 11) is -12.5. The lowest BCUT2D eigenvalue weighted by molar-refractivity contribution is -0.0443. The summed E-state index contributed by atoms with van der Waals surface area (Å²) in [5, 5.41) is -0.00421. The van der Waals surface area contributed by atoms with Crippen LogP contribution in [-0.4, -0.2) is 33.7 Å². The van der Waals surface area contributed by atoms with E-state index in [1.165, 1.54) is 0 Å². The SMILES string of the molecule is O=S(=O)(/N=C(/NS(=O)(=O)C(F)(F)F)c1ccc(Cl)cc1)C(F)(F)F. The van der Waals surface area contributed by atoms with Crippen LogP contribution < -0.4 is 4.72 Å². The molecule has 0 saturated carbocycles. The third kappa shape index (κ3) is 4.73. The zero-order valence-electron chi connectivity index (χ0n) is 10.9. The number of nitrogens with zero attached hydrogens (tertiary/aromatic N) is 1. The predicted octanol–water partition coefficient (Wildman–Crippen LogP) is 2.38. The highest BCUT2D eigenvalue weighted by atomic mass is 35.5. The number of hydrogen-bond acceptors (Lipinski definition) is 4. The third-order valence-corrected chi connectivity index (χ3v) is 4.49. The minimum atomic E-state index is -6.31. The van der Waals surface area contributed by atoms with Crippen LogP contribution in [0.5, 0.6) is 0 Å². The Morgan fingerprint density at radius 1 is 0.917 bits per heavy atom. The van der Waals surface area contributed by atoms with Crippen LogP contribution in [0, 0.1) is 0 Å². The molecule has 0 aliphatic rings. The number of hydrogen-bond donors (Lipinski definition) is 1. The Kier molecular flexibility index (Phi) is 5.47. The highest BCUT2D eigenvalue weighted by molar-refractivity contribution is 7.92. The first-order valence-electron chi connectivity index (χ1n) is 5.33. The van der Waals surface area contributed by atoms with Gasteiger partial charge in [0.15, 0.2) is 5.84 Å². The molecule has 1 aromatic rings. The molecule has 1 rings (SSSR count). The average Bonchev–Trinajstić information content (AvgIpc) is 2.35. The summed E-state index contributed by atoms with van der Waals surface area (Å²) >= 11 is 5.47. The van der Waals surface area contributed by atoms with E-state index in [2.05, 4.69) is 4.40 Å². The van der Waals surface area contributed by atoms with Gasteiger partial charge in [-0.3, -0.25) is 4.72 Å². The Labute approximate surface area is 136 Å². The molecule has 1 N–H and O–H groups in total.